The summed E-state index contributed by atoms with van der Waals surface area (Å²) in [5, 5.41) is 4.60. The van der Waals surface area contributed by atoms with E-state index in [1.807, 2.05) is 0 Å². The number of rotatable bonds is 4. The molecule has 0 aromatic heterocycles. The van der Waals surface area contributed by atoms with Crippen molar-refractivity contribution >= 4 is 17.4 Å². The van der Waals surface area contributed by atoms with Crippen LogP contribution in [0, 0.1) is 0 Å². The minimum atomic E-state index is 0.00343. The van der Waals surface area contributed by atoms with E-state index in [0.29, 0.717) is 6.04 Å². The molecule has 2 nitrogen and oxygen atoms in total. The average Bonchev–Trinajstić information content (AvgIpc) is 2.93. The van der Waals surface area contributed by atoms with E-state index >= 15 is 0 Å². The summed E-state index contributed by atoms with van der Waals surface area (Å²) in [6, 6.07) is 9.34. The molecule has 1 aliphatic carbocycles. The van der Waals surface area contributed by atoms with Crippen LogP contribution in [0.1, 0.15) is 52.4 Å². The van der Waals surface area contributed by atoms with Crippen molar-refractivity contribution < 1.29 is 4.74 Å². The molecule has 1 unspecified atom stereocenters. The second-order valence-corrected chi connectivity index (χ2v) is 8.30. The molecule has 1 N–H and O–H groups in total. The van der Waals surface area contributed by atoms with E-state index < -0.39 is 0 Å². The first-order chi connectivity index (χ1) is 10.1. The Labute approximate surface area is 133 Å². The first-order valence-electron chi connectivity index (χ1n) is 8.29. The van der Waals surface area contributed by atoms with Gasteiger partial charge in [0.2, 0.25) is 0 Å². The van der Waals surface area contributed by atoms with Crippen molar-refractivity contribution in [1.29, 1.82) is 0 Å². The molecule has 2 fully saturated rings. The smallest absolute Gasteiger partial charge is 0.0646 e. The molecule has 3 rings (SSSR count). The Morgan fingerprint density at radius 2 is 1.90 bits per heavy atom. The molecule has 1 saturated heterocycles. The monoisotopic (exact) mass is 305 g/mol. The Morgan fingerprint density at radius 3 is 2.67 bits per heavy atom. The Bertz CT molecular complexity index is 468. The van der Waals surface area contributed by atoms with Crippen LogP contribution in [0.3, 0.4) is 0 Å². The quantitative estimate of drug-likeness (QED) is 0.837. The van der Waals surface area contributed by atoms with E-state index in [1.54, 1.807) is 0 Å². The van der Waals surface area contributed by atoms with Crippen molar-refractivity contribution in [3.63, 3.8) is 0 Å². The van der Waals surface area contributed by atoms with Gasteiger partial charge in [0.1, 0.15) is 0 Å². The number of benzene rings is 1. The fraction of sp³-hybridized carbons (Fsp3) is 0.667. The maximum Gasteiger partial charge on any atom is 0.0646 e. The highest BCUT2D eigenvalue weighted by atomic mass is 32.2. The zero-order chi connectivity index (χ0) is 14.7. The van der Waals surface area contributed by atoms with Crippen LogP contribution >= 0.6 is 11.8 Å². The molecule has 1 aromatic carbocycles. The van der Waals surface area contributed by atoms with Gasteiger partial charge in [-0.25, -0.2) is 0 Å². The number of thioether (sulfide) groups is 1. The molecule has 1 aliphatic heterocycles. The van der Waals surface area contributed by atoms with E-state index in [2.05, 4.69) is 55.2 Å². The van der Waals surface area contributed by atoms with Crippen LogP contribution < -0.4 is 5.32 Å². The van der Waals surface area contributed by atoms with E-state index in [4.69, 9.17) is 4.74 Å². The second-order valence-electron chi connectivity index (χ2n) is 6.96. The third-order valence-electron chi connectivity index (χ3n) is 4.54. The predicted molar refractivity (Wildman–Crippen MR) is 91.2 cm³/mol. The van der Waals surface area contributed by atoms with Crippen LogP contribution in [0.4, 0.5) is 5.69 Å². The Hall–Kier alpha value is -0.670. The molecule has 1 atom stereocenters. The summed E-state index contributed by atoms with van der Waals surface area (Å²) < 4.78 is 5.83. The van der Waals surface area contributed by atoms with E-state index in [1.165, 1.54) is 36.3 Å². The fourth-order valence-corrected chi connectivity index (χ4v) is 4.79. The van der Waals surface area contributed by atoms with Crippen molar-refractivity contribution in [2.45, 2.75) is 74.2 Å². The first-order valence-corrected chi connectivity index (χ1v) is 9.16. The summed E-state index contributed by atoms with van der Waals surface area (Å²) in [5.74, 6) is 0. The number of anilines is 1. The van der Waals surface area contributed by atoms with Crippen molar-refractivity contribution in [2.24, 2.45) is 0 Å². The topological polar surface area (TPSA) is 21.3 Å². The Balaban J connectivity index is 1.67. The zero-order valence-electron chi connectivity index (χ0n) is 13.2. The number of hydrogen-bond donors (Lipinski definition) is 1. The van der Waals surface area contributed by atoms with Crippen LogP contribution in [0.5, 0.6) is 0 Å². The van der Waals surface area contributed by atoms with Gasteiger partial charge in [-0.15, -0.1) is 11.8 Å². The summed E-state index contributed by atoms with van der Waals surface area (Å²) in [5.41, 5.74) is 1.32. The van der Waals surface area contributed by atoms with Gasteiger partial charge in [0, 0.05) is 28.5 Å². The average molecular weight is 305 g/mol. The predicted octanol–water partition coefficient (Wildman–Crippen LogP) is 5.09. The van der Waals surface area contributed by atoms with Crippen LogP contribution in [0.25, 0.3) is 0 Å². The molecule has 2 aliphatic rings. The Kier molecular flexibility index (Phi) is 4.80. The van der Waals surface area contributed by atoms with E-state index in [0.717, 1.165) is 24.7 Å². The summed E-state index contributed by atoms with van der Waals surface area (Å²) in [7, 11) is 0. The largest absolute Gasteiger partial charge is 0.381 e. The molecular weight excluding hydrogens is 278 g/mol. The number of nitrogens with one attached hydrogen (secondary N) is 1. The standard InChI is InChI=1S/C18H27NOS/c1-18(2)13-14(11-12-20-18)19-16-9-5-6-10-17(16)21-15-7-3-4-8-15/h5-6,9-10,14-15,19H,3-4,7-8,11-13H2,1-2H3. The Morgan fingerprint density at radius 1 is 1.14 bits per heavy atom. The molecule has 1 aromatic rings. The summed E-state index contributed by atoms with van der Waals surface area (Å²) in [4.78, 5) is 1.42. The second kappa shape index (κ2) is 6.62. The lowest BCUT2D eigenvalue weighted by Crippen LogP contribution is -2.40. The first kappa shape index (κ1) is 15.2. The highest BCUT2D eigenvalue weighted by Gasteiger charge is 2.29. The third-order valence-corrected chi connectivity index (χ3v) is 5.95. The minimum Gasteiger partial charge on any atom is -0.381 e. The molecule has 0 radical (unpaired) electrons. The molecule has 3 heteroatoms. The van der Waals surface area contributed by atoms with Gasteiger partial charge in [-0.05, 0) is 51.7 Å². The van der Waals surface area contributed by atoms with E-state index in [9.17, 15) is 0 Å². The zero-order valence-corrected chi connectivity index (χ0v) is 14.0. The molecule has 1 heterocycles. The molecular formula is C18H27NOS. The van der Waals surface area contributed by atoms with Crippen molar-refractivity contribution in [1.82, 2.24) is 0 Å². The van der Waals surface area contributed by atoms with Gasteiger partial charge in [0.15, 0.2) is 0 Å². The van der Waals surface area contributed by atoms with Crippen LogP contribution in [0.15, 0.2) is 29.2 Å². The van der Waals surface area contributed by atoms with Gasteiger partial charge in [0.05, 0.1) is 5.60 Å². The van der Waals surface area contributed by atoms with Gasteiger partial charge < -0.3 is 10.1 Å². The maximum absolute atomic E-state index is 5.83. The van der Waals surface area contributed by atoms with Gasteiger partial charge in [-0.3, -0.25) is 0 Å². The molecule has 1 saturated carbocycles. The van der Waals surface area contributed by atoms with Gasteiger partial charge in [-0.2, -0.15) is 0 Å². The lowest BCUT2D eigenvalue weighted by molar-refractivity contribution is -0.0553. The van der Waals surface area contributed by atoms with Crippen molar-refractivity contribution in [3.8, 4) is 0 Å². The highest BCUT2D eigenvalue weighted by molar-refractivity contribution is 8.00. The van der Waals surface area contributed by atoms with Crippen molar-refractivity contribution in [3.05, 3.63) is 24.3 Å². The molecule has 21 heavy (non-hydrogen) atoms. The van der Waals surface area contributed by atoms with Gasteiger partial charge in [0.25, 0.3) is 0 Å². The summed E-state index contributed by atoms with van der Waals surface area (Å²) in [6.45, 7) is 5.25. The normalized spacial score (nSPS) is 25.9. The minimum absolute atomic E-state index is 0.00343. The van der Waals surface area contributed by atoms with Crippen LogP contribution in [-0.4, -0.2) is 23.5 Å². The van der Waals surface area contributed by atoms with Crippen LogP contribution in [0.2, 0.25) is 0 Å². The number of ether oxygens (including phenoxy) is 1. The molecule has 116 valence electrons. The molecule has 0 bridgehead atoms. The summed E-state index contributed by atoms with van der Waals surface area (Å²) >= 11 is 2.07. The molecule has 0 spiro atoms. The summed E-state index contributed by atoms with van der Waals surface area (Å²) in [6.07, 6.45) is 7.75. The van der Waals surface area contributed by atoms with Gasteiger partial charge >= 0.3 is 0 Å². The van der Waals surface area contributed by atoms with E-state index in [-0.39, 0.29) is 5.60 Å². The SMILES string of the molecule is CC1(C)CC(Nc2ccccc2SC2CCCC2)CCO1. The maximum atomic E-state index is 5.83. The fourth-order valence-electron chi connectivity index (χ4n) is 3.45. The number of para-hydroxylation sites is 1. The highest BCUT2D eigenvalue weighted by Crippen LogP contribution is 2.38. The lowest BCUT2D eigenvalue weighted by atomic mass is 9.94. The van der Waals surface area contributed by atoms with Crippen molar-refractivity contribution in [2.75, 3.05) is 11.9 Å². The lowest BCUT2D eigenvalue weighted by Gasteiger charge is -2.36. The molecule has 0 amide bonds. The third kappa shape index (κ3) is 4.17. The van der Waals surface area contributed by atoms with Gasteiger partial charge in [-0.1, -0.05) is 25.0 Å². The number of hydrogen-bond acceptors (Lipinski definition) is 3. The van der Waals surface area contributed by atoms with Crippen LogP contribution in [-0.2, 0) is 4.74 Å².